The third-order valence-electron chi connectivity index (χ3n) is 5.18. The summed E-state index contributed by atoms with van der Waals surface area (Å²) in [5.41, 5.74) is 1.97. The minimum absolute atomic E-state index is 0.0348. The number of aryl methyl sites for hydroxylation is 1. The lowest BCUT2D eigenvalue weighted by molar-refractivity contribution is -0.118. The smallest absolute Gasteiger partial charge is 0.314 e. The number of likely N-dealkylation sites (N-methyl/N-ethyl adjacent to an activating group) is 1. The van der Waals surface area contributed by atoms with Crippen molar-refractivity contribution in [2.75, 3.05) is 11.9 Å². The molecule has 0 spiro atoms. The Balaban J connectivity index is 1.76. The molecule has 1 amide bonds. The van der Waals surface area contributed by atoms with Crippen molar-refractivity contribution < 1.29 is 4.79 Å². The summed E-state index contributed by atoms with van der Waals surface area (Å²) in [6.45, 7) is 1.80. The fraction of sp³-hybridized carbons (Fsp3) is 0.174. The molecule has 2 heterocycles. The zero-order chi connectivity index (χ0) is 22.1. The van der Waals surface area contributed by atoms with E-state index in [4.69, 9.17) is 11.6 Å². The molecule has 0 bridgehead atoms. The van der Waals surface area contributed by atoms with Crippen molar-refractivity contribution in [3.63, 3.8) is 0 Å². The lowest BCUT2D eigenvalue weighted by Crippen LogP contribution is -2.42. The summed E-state index contributed by atoms with van der Waals surface area (Å²) in [7, 11) is 1.67. The largest absolute Gasteiger partial charge is 0.332 e. The molecule has 0 aliphatic heterocycles. The Labute approximate surface area is 187 Å². The Kier molecular flexibility index (Phi) is 5.80. The molecule has 8 heteroatoms. The molecule has 0 saturated carbocycles. The van der Waals surface area contributed by atoms with E-state index in [2.05, 4.69) is 0 Å². The van der Waals surface area contributed by atoms with Gasteiger partial charge in [0.2, 0.25) is 5.91 Å². The van der Waals surface area contributed by atoms with Crippen molar-refractivity contribution in [2.45, 2.75) is 20.0 Å². The highest BCUT2D eigenvalue weighted by Crippen LogP contribution is 2.19. The van der Waals surface area contributed by atoms with E-state index in [1.807, 2.05) is 31.2 Å². The normalized spacial score (nSPS) is 11.1. The van der Waals surface area contributed by atoms with Crippen LogP contribution in [0.25, 0.3) is 10.2 Å². The van der Waals surface area contributed by atoms with Crippen LogP contribution < -0.4 is 16.1 Å². The predicted octanol–water partition coefficient (Wildman–Crippen LogP) is 3.90. The second-order valence-electron chi connectivity index (χ2n) is 7.28. The van der Waals surface area contributed by atoms with Crippen molar-refractivity contribution in [1.82, 2.24) is 9.13 Å². The number of halogens is 1. The maximum Gasteiger partial charge on any atom is 0.332 e. The standard InChI is InChI=1S/C23H20ClN3O3S/c1-15-6-5-8-17(12-15)25(2)20(28)14-26-19-10-11-31-21(19)22(29)27(23(26)30)13-16-7-3-4-9-18(16)24/h3-12H,13-14H2,1-2H3. The van der Waals surface area contributed by atoms with Crippen LogP contribution in [-0.2, 0) is 17.9 Å². The maximum atomic E-state index is 13.3. The summed E-state index contributed by atoms with van der Waals surface area (Å²) < 4.78 is 2.93. The molecule has 0 atom stereocenters. The first kappa shape index (κ1) is 21.1. The molecule has 0 aliphatic carbocycles. The summed E-state index contributed by atoms with van der Waals surface area (Å²) in [6.07, 6.45) is 0. The van der Waals surface area contributed by atoms with Gasteiger partial charge in [-0.1, -0.05) is 41.9 Å². The van der Waals surface area contributed by atoms with Gasteiger partial charge in [0.15, 0.2) is 0 Å². The van der Waals surface area contributed by atoms with Gasteiger partial charge < -0.3 is 4.90 Å². The van der Waals surface area contributed by atoms with E-state index < -0.39 is 5.69 Å². The number of amides is 1. The lowest BCUT2D eigenvalue weighted by Gasteiger charge is -2.19. The summed E-state index contributed by atoms with van der Waals surface area (Å²) in [5, 5.41) is 2.22. The Morgan fingerprint density at radius 3 is 2.58 bits per heavy atom. The summed E-state index contributed by atoms with van der Waals surface area (Å²) in [5.74, 6) is -0.261. The Bertz CT molecular complexity index is 1400. The van der Waals surface area contributed by atoms with E-state index in [1.165, 1.54) is 20.8 Å². The molecule has 4 rings (SSSR count). The van der Waals surface area contributed by atoms with Gasteiger partial charge in [0.25, 0.3) is 5.56 Å². The minimum atomic E-state index is -0.540. The number of hydrogen-bond acceptors (Lipinski definition) is 4. The van der Waals surface area contributed by atoms with Gasteiger partial charge >= 0.3 is 5.69 Å². The van der Waals surface area contributed by atoms with Gasteiger partial charge in [-0.05, 0) is 47.7 Å². The molecule has 2 aromatic heterocycles. The molecule has 158 valence electrons. The first-order chi connectivity index (χ1) is 14.9. The molecule has 0 aliphatic rings. The first-order valence-corrected chi connectivity index (χ1v) is 10.9. The number of anilines is 1. The number of fused-ring (bicyclic) bond motifs is 1. The lowest BCUT2D eigenvalue weighted by atomic mass is 10.2. The van der Waals surface area contributed by atoms with Crippen molar-refractivity contribution in [1.29, 1.82) is 0 Å². The van der Waals surface area contributed by atoms with E-state index in [9.17, 15) is 14.4 Å². The molecule has 0 saturated heterocycles. The van der Waals surface area contributed by atoms with Gasteiger partial charge in [0.05, 0.1) is 12.1 Å². The third kappa shape index (κ3) is 4.06. The molecular weight excluding hydrogens is 434 g/mol. The zero-order valence-corrected chi connectivity index (χ0v) is 18.6. The van der Waals surface area contributed by atoms with E-state index >= 15 is 0 Å². The number of carbonyl (C=O) groups is 1. The number of thiophene rings is 1. The molecule has 0 radical (unpaired) electrons. The van der Waals surface area contributed by atoms with Gasteiger partial charge in [-0.2, -0.15) is 0 Å². The summed E-state index contributed by atoms with van der Waals surface area (Å²) in [4.78, 5) is 40.8. The third-order valence-corrected chi connectivity index (χ3v) is 6.44. The average Bonchev–Trinajstić information content (AvgIpc) is 3.25. The highest BCUT2D eigenvalue weighted by atomic mass is 35.5. The van der Waals surface area contributed by atoms with E-state index in [0.29, 0.717) is 20.8 Å². The Morgan fingerprint density at radius 2 is 1.84 bits per heavy atom. The van der Waals surface area contributed by atoms with Crippen LogP contribution in [0.3, 0.4) is 0 Å². The van der Waals surface area contributed by atoms with Crippen LogP contribution >= 0.6 is 22.9 Å². The predicted molar refractivity (Wildman–Crippen MR) is 125 cm³/mol. The Hall–Kier alpha value is -3.16. The fourth-order valence-electron chi connectivity index (χ4n) is 3.44. The van der Waals surface area contributed by atoms with Crippen LogP contribution in [0.15, 0.2) is 69.6 Å². The molecule has 0 N–H and O–H groups in total. The average molecular weight is 454 g/mol. The van der Waals surface area contributed by atoms with Crippen LogP contribution in [0, 0.1) is 6.92 Å². The molecule has 0 unspecified atom stereocenters. The van der Waals surface area contributed by atoms with E-state index in [0.717, 1.165) is 15.8 Å². The highest BCUT2D eigenvalue weighted by Gasteiger charge is 2.19. The number of aromatic nitrogens is 2. The fourth-order valence-corrected chi connectivity index (χ4v) is 4.48. The van der Waals surface area contributed by atoms with Gasteiger partial charge in [-0.25, -0.2) is 4.79 Å². The minimum Gasteiger partial charge on any atom is -0.314 e. The molecular formula is C23H20ClN3O3S. The van der Waals surface area contributed by atoms with Gasteiger partial charge in [-0.15, -0.1) is 11.3 Å². The van der Waals surface area contributed by atoms with Crippen LogP contribution in [0.2, 0.25) is 5.02 Å². The van der Waals surface area contributed by atoms with Crippen LogP contribution in [0.1, 0.15) is 11.1 Å². The maximum absolute atomic E-state index is 13.3. The number of benzene rings is 2. The van der Waals surface area contributed by atoms with Gasteiger partial charge in [0.1, 0.15) is 11.2 Å². The monoisotopic (exact) mass is 453 g/mol. The molecule has 2 aromatic carbocycles. The number of nitrogens with zero attached hydrogens (tertiary/aromatic N) is 3. The number of hydrogen-bond donors (Lipinski definition) is 0. The van der Waals surface area contributed by atoms with Crippen molar-refractivity contribution in [2.24, 2.45) is 0 Å². The highest BCUT2D eigenvalue weighted by molar-refractivity contribution is 7.17. The van der Waals surface area contributed by atoms with E-state index in [1.54, 1.807) is 42.8 Å². The van der Waals surface area contributed by atoms with Crippen LogP contribution in [0.4, 0.5) is 5.69 Å². The zero-order valence-electron chi connectivity index (χ0n) is 17.0. The second kappa shape index (κ2) is 8.53. The summed E-state index contributed by atoms with van der Waals surface area (Å²) in [6, 6.07) is 16.3. The number of carbonyl (C=O) groups excluding carboxylic acids is 1. The summed E-state index contributed by atoms with van der Waals surface area (Å²) >= 11 is 7.49. The SMILES string of the molecule is Cc1cccc(N(C)C(=O)Cn2c(=O)n(Cc3ccccc3Cl)c(=O)c3sccc32)c1. The molecule has 6 nitrogen and oxygen atoms in total. The van der Waals surface area contributed by atoms with Gasteiger partial charge in [0, 0.05) is 17.8 Å². The quantitative estimate of drug-likeness (QED) is 0.460. The molecule has 31 heavy (non-hydrogen) atoms. The number of rotatable bonds is 5. The van der Waals surface area contributed by atoms with E-state index in [-0.39, 0.29) is 24.6 Å². The van der Waals surface area contributed by atoms with Gasteiger partial charge in [-0.3, -0.25) is 18.7 Å². The van der Waals surface area contributed by atoms with Crippen LogP contribution in [-0.4, -0.2) is 22.1 Å². The van der Waals surface area contributed by atoms with Crippen molar-refractivity contribution in [3.8, 4) is 0 Å². The van der Waals surface area contributed by atoms with Crippen molar-refractivity contribution >= 4 is 44.7 Å². The molecule has 0 fully saturated rings. The Morgan fingerprint density at radius 1 is 1.06 bits per heavy atom. The second-order valence-corrected chi connectivity index (χ2v) is 8.60. The molecule has 4 aromatic rings. The van der Waals surface area contributed by atoms with Crippen LogP contribution in [0.5, 0.6) is 0 Å². The van der Waals surface area contributed by atoms with Crippen molar-refractivity contribution in [3.05, 3.63) is 97.0 Å². The topological polar surface area (TPSA) is 64.3 Å². The first-order valence-electron chi connectivity index (χ1n) is 9.64.